The molecule has 1 N–H and O–H groups in total. The third-order valence-electron chi connectivity index (χ3n) is 4.82. The van der Waals surface area contributed by atoms with Crippen molar-refractivity contribution in [2.45, 2.75) is 27.0 Å². The molecule has 0 aliphatic carbocycles. The first-order chi connectivity index (χ1) is 14.7. The fourth-order valence-corrected chi connectivity index (χ4v) is 3.37. The highest BCUT2D eigenvalue weighted by molar-refractivity contribution is 5.55. The molecule has 30 heavy (non-hydrogen) atoms. The van der Waals surface area contributed by atoms with Crippen molar-refractivity contribution in [3.63, 3.8) is 0 Å². The highest BCUT2D eigenvalue weighted by atomic mass is 16.6. The predicted octanol–water partition coefficient (Wildman–Crippen LogP) is 5.36. The van der Waals surface area contributed by atoms with Gasteiger partial charge in [0.25, 0.3) is 0 Å². The van der Waals surface area contributed by atoms with Crippen LogP contribution < -0.4 is 24.3 Å². The number of aryl methyl sites for hydroxylation is 1. The fourth-order valence-electron chi connectivity index (χ4n) is 3.37. The van der Waals surface area contributed by atoms with E-state index in [2.05, 4.69) is 36.5 Å². The SMILES string of the molecule is CCOc1cc(CNc2ccc3c(c2)OCCO3)ccc1OCc1cccc(C)c1. The van der Waals surface area contributed by atoms with E-state index >= 15 is 0 Å². The molecule has 0 unspecified atom stereocenters. The first-order valence-corrected chi connectivity index (χ1v) is 10.3. The van der Waals surface area contributed by atoms with Gasteiger partial charge < -0.3 is 24.3 Å². The Kier molecular flexibility index (Phi) is 6.28. The second-order valence-electron chi connectivity index (χ2n) is 7.20. The minimum Gasteiger partial charge on any atom is -0.490 e. The molecule has 0 bridgehead atoms. The third kappa shape index (κ3) is 4.98. The lowest BCUT2D eigenvalue weighted by Crippen LogP contribution is -2.15. The van der Waals surface area contributed by atoms with E-state index in [0.29, 0.717) is 33.0 Å². The Hall–Kier alpha value is -3.34. The van der Waals surface area contributed by atoms with Gasteiger partial charge in [-0.25, -0.2) is 0 Å². The van der Waals surface area contributed by atoms with Crippen LogP contribution in [-0.2, 0) is 13.2 Å². The Labute approximate surface area is 177 Å². The van der Waals surface area contributed by atoms with Gasteiger partial charge in [-0.3, -0.25) is 0 Å². The molecule has 0 saturated carbocycles. The Morgan fingerprint density at radius 2 is 1.70 bits per heavy atom. The number of hydrogen-bond donors (Lipinski definition) is 1. The van der Waals surface area contributed by atoms with Crippen molar-refractivity contribution >= 4 is 5.69 Å². The highest BCUT2D eigenvalue weighted by Gasteiger charge is 2.12. The van der Waals surface area contributed by atoms with Crippen molar-refractivity contribution in [2.75, 3.05) is 25.1 Å². The summed E-state index contributed by atoms with van der Waals surface area (Å²) in [6.07, 6.45) is 0. The van der Waals surface area contributed by atoms with Gasteiger partial charge in [0.2, 0.25) is 0 Å². The van der Waals surface area contributed by atoms with Crippen LogP contribution in [0.1, 0.15) is 23.6 Å². The van der Waals surface area contributed by atoms with E-state index in [9.17, 15) is 0 Å². The third-order valence-corrected chi connectivity index (χ3v) is 4.82. The number of benzene rings is 3. The normalized spacial score (nSPS) is 12.3. The maximum Gasteiger partial charge on any atom is 0.163 e. The van der Waals surface area contributed by atoms with E-state index in [4.69, 9.17) is 18.9 Å². The van der Waals surface area contributed by atoms with E-state index in [-0.39, 0.29) is 0 Å². The average molecular weight is 405 g/mol. The van der Waals surface area contributed by atoms with Crippen LogP contribution in [0.4, 0.5) is 5.69 Å². The minimum absolute atomic E-state index is 0.510. The Morgan fingerprint density at radius 3 is 2.53 bits per heavy atom. The van der Waals surface area contributed by atoms with Gasteiger partial charge in [-0.2, -0.15) is 0 Å². The summed E-state index contributed by atoms with van der Waals surface area (Å²) >= 11 is 0. The van der Waals surface area contributed by atoms with Gasteiger partial charge in [-0.1, -0.05) is 35.9 Å². The Balaban J connectivity index is 1.42. The summed E-state index contributed by atoms with van der Waals surface area (Å²) < 4.78 is 23.1. The van der Waals surface area contributed by atoms with Crippen molar-refractivity contribution in [3.05, 3.63) is 77.4 Å². The zero-order valence-electron chi connectivity index (χ0n) is 17.4. The lowest BCUT2D eigenvalue weighted by atomic mass is 10.1. The summed E-state index contributed by atoms with van der Waals surface area (Å²) in [5, 5.41) is 3.43. The zero-order chi connectivity index (χ0) is 20.8. The van der Waals surface area contributed by atoms with Crippen LogP contribution in [0.15, 0.2) is 60.7 Å². The van der Waals surface area contributed by atoms with Crippen LogP contribution in [0.25, 0.3) is 0 Å². The van der Waals surface area contributed by atoms with Gasteiger partial charge in [0.15, 0.2) is 23.0 Å². The molecular formula is C25H27NO4. The van der Waals surface area contributed by atoms with Crippen molar-refractivity contribution < 1.29 is 18.9 Å². The summed E-state index contributed by atoms with van der Waals surface area (Å²) in [7, 11) is 0. The van der Waals surface area contributed by atoms with E-state index < -0.39 is 0 Å². The molecule has 0 saturated heterocycles. The maximum atomic E-state index is 6.03. The van der Waals surface area contributed by atoms with Gasteiger partial charge in [-0.15, -0.1) is 0 Å². The topological polar surface area (TPSA) is 49.0 Å². The van der Waals surface area contributed by atoms with E-state index in [0.717, 1.165) is 39.8 Å². The molecular weight excluding hydrogens is 378 g/mol. The van der Waals surface area contributed by atoms with Crippen molar-refractivity contribution in [2.24, 2.45) is 0 Å². The molecule has 0 aromatic heterocycles. The van der Waals surface area contributed by atoms with Gasteiger partial charge in [0.05, 0.1) is 6.61 Å². The molecule has 1 aliphatic rings. The molecule has 156 valence electrons. The van der Waals surface area contributed by atoms with Crippen LogP contribution >= 0.6 is 0 Å². The molecule has 3 aromatic carbocycles. The summed E-state index contributed by atoms with van der Waals surface area (Å²) in [6.45, 7) is 6.99. The second kappa shape index (κ2) is 9.44. The van der Waals surface area contributed by atoms with Gasteiger partial charge in [-0.05, 0) is 49.2 Å². The number of anilines is 1. The van der Waals surface area contributed by atoms with Crippen molar-refractivity contribution in [1.82, 2.24) is 0 Å². The molecule has 0 atom stereocenters. The molecule has 0 spiro atoms. The summed E-state index contributed by atoms with van der Waals surface area (Å²) in [4.78, 5) is 0. The smallest absolute Gasteiger partial charge is 0.163 e. The number of ether oxygens (including phenoxy) is 4. The fraction of sp³-hybridized carbons (Fsp3) is 0.280. The number of rotatable bonds is 8. The largest absolute Gasteiger partial charge is 0.490 e. The minimum atomic E-state index is 0.510. The van der Waals surface area contributed by atoms with E-state index in [1.807, 2.05) is 43.3 Å². The average Bonchev–Trinajstić information content (AvgIpc) is 2.77. The summed E-state index contributed by atoms with van der Waals surface area (Å²) in [5.41, 5.74) is 4.46. The Morgan fingerprint density at radius 1 is 0.833 bits per heavy atom. The van der Waals surface area contributed by atoms with E-state index in [1.165, 1.54) is 5.56 Å². The molecule has 5 nitrogen and oxygen atoms in total. The molecule has 0 amide bonds. The number of hydrogen-bond acceptors (Lipinski definition) is 5. The Bertz CT molecular complexity index is 1000. The van der Waals surface area contributed by atoms with Crippen LogP contribution in [0.2, 0.25) is 0 Å². The monoisotopic (exact) mass is 405 g/mol. The van der Waals surface area contributed by atoms with Crippen LogP contribution in [0.5, 0.6) is 23.0 Å². The summed E-state index contributed by atoms with van der Waals surface area (Å²) in [6, 6.07) is 20.3. The van der Waals surface area contributed by atoms with Crippen LogP contribution in [0.3, 0.4) is 0 Å². The van der Waals surface area contributed by atoms with Gasteiger partial charge in [0, 0.05) is 18.3 Å². The van der Waals surface area contributed by atoms with Crippen LogP contribution in [-0.4, -0.2) is 19.8 Å². The first kappa shape index (κ1) is 20.0. The zero-order valence-corrected chi connectivity index (χ0v) is 17.4. The molecule has 1 aliphatic heterocycles. The quantitative estimate of drug-likeness (QED) is 0.547. The predicted molar refractivity (Wildman–Crippen MR) is 118 cm³/mol. The second-order valence-corrected chi connectivity index (χ2v) is 7.20. The molecule has 0 fully saturated rings. The number of nitrogens with one attached hydrogen (secondary N) is 1. The number of fused-ring (bicyclic) bond motifs is 1. The molecule has 4 rings (SSSR count). The standard InChI is InChI=1S/C25H27NO4/c1-3-27-24-14-19(7-9-23(24)30-17-20-6-4-5-18(2)13-20)16-26-21-8-10-22-25(15-21)29-12-11-28-22/h4-10,13-15,26H,3,11-12,16-17H2,1-2H3. The van der Waals surface area contributed by atoms with Crippen molar-refractivity contribution in [1.29, 1.82) is 0 Å². The maximum absolute atomic E-state index is 6.03. The lowest BCUT2D eigenvalue weighted by Gasteiger charge is -2.19. The summed E-state index contributed by atoms with van der Waals surface area (Å²) in [5.74, 6) is 3.08. The lowest BCUT2D eigenvalue weighted by molar-refractivity contribution is 0.171. The van der Waals surface area contributed by atoms with Crippen LogP contribution in [0, 0.1) is 6.92 Å². The molecule has 0 radical (unpaired) electrons. The van der Waals surface area contributed by atoms with Crippen molar-refractivity contribution in [3.8, 4) is 23.0 Å². The highest BCUT2D eigenvalue weighted by Crippen LogP contribution is 2.33. The van der Waals surface area contributed by atoms with Gasteiger partial charge in [0.1, 0.15) is 19.8 Å². The van der Waals surface area contributed by atoms with E-state index in [1.54, 1.807) is 0 Å². The molecule has 3 aromatic rings. The van der Waals surface area contributed by atoms with Gasteiger partial charge >= 0.3 is 0 Å². The first-order valence-electron chi connectivity index (χ1n) is 10.3. The molecule has 1 heterocycles. The molecule has 5 heteroatoms.